The molecule has 2 aromatic rings. The molecule has 6 rings (SSSR count). The number of carbonyl (C=O) groups is 3. The van der Waals surface area contributed by atoms with E-state index < -0.39 is 23.1 Å². The number of likely N-dealkylation sites (N-methyl/N-ethyl adjacent to an activating group) is 1. The van der Waals surface area contributed by atoms with Crippen molar-refractivity contribution in [2.45, 2.75) is 68.7 Å². The summed E-state index contributed by atoms with van der Waals surface area (Å²) in [4.78, 5) is 42.3. The molecule has 1 saturated heterocycles. The highest BCUT2D eigenvalue weighted by molar-refractivity contribution is 5.92. The van der Waals surface area contributed by atoms with Crippen molar-refractivity contribution in [1.82, 2.24) is 9.80 Å². The molecule has 1 spiro atoms. The number of ether oxygens (including phenoxy) is 3. The van der Waals surface area contributed by atoms with Crippen molar-refractivity contribution in [3.05, 3.63) is 66.1 Å². The number of nitrogens with zero attached hydrogens (tertiary/aromatic N) is 2. The van der Waals surface area contributed by atoms with Crippen LogP contribution in [0.25, 0.3) is 6.08 Å². The number of benzene rings is 1. The molecule has 1 amide bonds. The lowest BCUT2D eigenvalue weighted by Crippen LogP contribution is -2.79. The third-order valence-corrected chi connectivity index (χ3v) is 9.24. The number of amides is 1. The molecule has 4 aliphatic rings. The van der Waals surface area contributed by atoms with Gasteiger partial charge >= 0.3 is 11.9 Å². The lowest BCUT2D eigenvalue weighted by Gasteiger charge is -2.65. The Morgan fingerprint density at radius 2 is 2.02 bits per heavy atom. The molecular weight excluding hydrogens is 512 g/mol. The number of hydrogen-bond donors (Lipinski definition) is 0. The van der Waals surface area contributed by atoms with Crippen LogP contribution in [0.3, 0.4) is 0 Å². The van der Waals surface area contributed by atoms with Crippen LogP contribution in [0.4, 0.5) is 0 Å². The van der Waals surface area contributed by atoms with Crippen LogP contribution in [0.2, 0.25) is 0 Å². The topological polar surface area (TPSA) is 98.5 Å². The molecule has 210 valence electrons. The molecule has 5 atom stereocenters. The van der Waals surface area contributed by atoms with Crippen molar-refractivity contribution in [3.63, 3.8) is 0 Å². The van der Waals surface area contributed by atoms with E-state index in [0.29, 0.717) is 43.7 Å². The maximum Gasteiger partial charge on any atom is 0.308 e. The summed E-state index contributed by atoms with van der Waals surface area (Å²) in [6.45, 7) is 8.21. The summed E-state index contributed by atoms with van der Waals surface area (Å²) in [5, 5.41) is 0. The number of furan rings is 1. The predicted octanol–water partition coefficient (Wildman–Crippen LogP) is 3.66. The second-order valence-corrected chi connectivity index (χ2v) is 11.2. The van der Waals surface area contributed by atoms with Gasteiger partial charge in [0.15, 0.2) is 11.5 Å². The standard InChI is InChI=1S/C31H34N2O7/c1-5-14-33-15-13-30-27-22-7-8-24(38-19(2)34)28(27)39-29(30)23(10-12-31(30,25(33)17-22)40-20(3)35)32(4)26(36)9-6-21-11-16-37-18-21/h5-9,11,16,18,23,25,29H,1,10,12-15,17H2,2-4H3/b9-6+/t23-,25-,29+,30+,31-/m1/s1. The van der Waals surface area contributed by atoms with Crippen LogP contribution in [0.5, 0.6) is 11.5 Å². The Hall–Kier alpha value is -3.85. The summed E-state index contributed by atoms with van der Waals surface area (Å²) in [5.41, 5.74) is 1.25. The highest BCUT2D eigenvalue weighted by Crippen LogP contribution is 2.67. The van der Waals surface area contributed by atoms with E-state index in [1.807, 2.05) is 12.1 Å². The number of hydrogen-bond acceptors (Lipinski definition) is 8. The molecule has 2 fully saturated rings. The predicted molar refractivity (Wildman–Crippen MR) is 146 cm³/mol. The van der Waals surface area contributed by atoms with E-state index >= 15 is 0 Å². The fourth-order valence-corrected chi connectivity index (χ4v) is 7.86. The molecule has 0 unspecified atom stereocenters. The van der Waals surface area contributed by atoms with Gasteiger partial charge in [0.2, 0.25) is 5.91 Å². The van der Waals surface area contributed by atoms with Gasteiger partial charge in [0.05, 0.1) is 30.0 Å². The minimum atomic E-state index is -0.870. The van der Waals surface area contributed by atoms with E-state index in [1.165, 1.54) is 19.9 Å². The maximum atomic E-state index is 13.4. The molecule has 9 heteroatoms. The van der Waals surface area contributed by atoms with Gasteiger partial charge in [0, 0.05) is 51.2 Å². The first-order chi connectivity index (χ1) is 19.2. The molecular formula is C31H34N2O7. The zero-order chi connectivity index (χ0) is 28.2. The molecule has 1 saturated carbocycles. The van der Waals surface area contributed by atoms with Crippen molar-refractivity contribution < 1.29 is 33.0 Å². The van der Waals surface area contributed by atoms with Crippen LogP contribution in [0.15, 0.2) is 53.9 Å². The van der Waals surface area contributed by atoms with Gasteiger partial charge in [-0.2, -0.15) is 0 Å². The minimum absolute atomic E-state index is 0.0878. The summed E-state index contributed by atoms with van der Waals surface area (Å²) in [7, 11) is 1.79. The first kappa shape index (κ1) is 26.4. The fourth-order valence-electron chi connectivity index (χ4n) is 7.86. The van der Waals surface area contributed by atoms with Crippen molar-refractivity contribution in [2.75, 3.05) is 20.1 Å². The first-order valence-corrected chi connectivity index (χ1v) is 13.7. The zero-order valence-electron chi connectivity index (χ0n) is 23.1. The highest BCUT2D eigenvalue weighted by Gasteiger charge is 2.75. The monoisotopic (exact) mass is 546 g/mol. The fraction of sp³-hybridized carbons (Fsp3) is 0.452. The SMILES string of the molecule is C=CCN1CC[C@]23c4c5ccc(OC(C)=O)c4O[C@H]2[C@H](N(C)C(=O)/C=C/c2ccoc2)CC[C@@]3(OC(C)=O)[C@H]1C5. The lowest BCUT2D eigenvalue weighted by molar-refractivity contribution is -0.222. The average Bonchev–Trinajstić information content (AvgIpc) is 3.55. The van der Waals surface area contributed by atoms with Gasteiger partial charge in [0.1, 0.15) is 11.7 Å². The third kappa shape index (κ3) is 3.74. The molecule has 0 N–H and O–H groups in total. The Labute approximate surface area is 233 Å². The van der Waals surface area contributed by atoms with Crippen molar-refractivity contribution in [3.8, 4) is 11.5 Å². The second-order valence-electron chi connectivity index (χ2n) is 11.2. The van der Waals surface area contributed by atoms with E-state index in [0.717, 1.165) is 23.2 Å². The van der Waals surface area contributed by atoms with Crippen LogP contribution in [-0.2, 0) is 31.0 Å². The summed E-state index contributed by atoms with van der Waals surface area (Å²) >= 11 is 0. The van der Waals surface area contributed by atoms with Crippen molar-refractivity contribution in [1.29, 1.82) is 0 Å². The quantitative estimate of drug-likeness (QED) is 0.225. The second kappa shape index (κ2) is 9.66. The zero-order valence-corrected chi connectivity index (χ0v) is 23.1. The van der Waals surface area contributed by atoms with Gasteiger partial charge in [-0.15, -0.1) is 6.58 Å². The number of rotatable bonds is 7. The third-order valence-electron chi connectivity index (χ3n) is 9.24. The van der Waals surface area contributed by atoms with Crippen LogP contribution in [0, 0.1) is 0 Å². The number of piperidine rings is 1. The van der Waals surface area contributed by atoms with Crippen molar-refractivity contribution in [2.24, 2.45) is 0 Å². The van der Waals surface area contributed by atoms with E-state index in [9.17, 15) is 14.4 Å². The molecule has 1 aromatic carbocycles. The van der Waals surface area contributed by atoms with Gasteiger partial charge in [-0.1, -0.05) is 12.1 Å². The Morgan fingerprint density at radius 3 is 2.73 bits per heavy atom. The first-order valence-electron chi connectivity index (χ1n) is 13.7. The van der Waals surface area contributed by atoms with E-state index in [4.69, 9.17) is 18.6 Å². The van der Waals surface area contributed by atoms with Gasteiger partial charge in [-0.3, -0.25) is 19.3 Å². The van der Waals surface area contributed by atoms with E-state index in [-0.39, 0.29) is 24.0 Å². The molecule has 9 nitrogen and oxygen atoms in total. The number of likely N-dealkylation sites (tertiary alicyclic amines) is 1. The summed E-state index contributed by atoms with van der Waals surface area (Å²) in [6, 6.07) is 5.17. The molecule has 40 heavy (non-hydrogen) atoms. The Morgan fingerprint density at radius 1 is 1.20 bits per heavy atom. The largest absolute Gasteiger partial charge is 0.483 e. The van der Waals surface area contributed by atoms with Crippen LogP contribution < -0.4 is 9.47 Å². The van der Waals surface area contributed by atoms with Crippen molar-refractivity contribution >= 4 is 23.9 Å². The minimum Gasteiger partial charge on any atom is -0.483 e. The normalized spacial score (nSPS) is 29.8. The molecule has 1 aromatic heterocycles. The van der Waals surface area contributed by atoms with Gasteiger partial charge in [0.25, 0.3) is 0 Å². The van der Waals surface area contributed by atoms with Crippen LogP contribution in [-0.4, -0.2) is 71.6 Å². The van der Waals surface area contributed by atoms with Gasteiger partial charge in [-0.05, 0) is 49.5 Å². The number of esters is 2. The Kier molecular flexibility index (Phi) is 6.37. The molecule has 2 aliphatic carbocycles. The summed E-state index contributed by atoms with van der Waals surface area (Å²) in [6.07, 6.45) is 10.2. The average molecular weight is 547 g/mol. The Balaban J connectivity index is 1.49. The van der Waals surface area contributed by atoms with Crippen LogP contribution in [0.1, 0.15) is 49.8 Å². The van der Waals surface area contributed by atoms with E-state index in [2.05, 4.69) is 11.5 Å². The summed E-state index contributed by atoms with van der Waals surface area (Å²) in [5.74, 6) is -0.0828. The molecule has 2 bridgehead atoms. The van der Waals surface area contributed by atoms with E-state index in [1.54, 1.807) is 42.7 Å². The lowest BCUT2D eigenvalue weighted by atomic mass is 9.48. The van der Waals surface area contributed by atoms with Gasteiger partial charge in [-0.25, -0.2) is 0 Å². The van der Waals surface area contributed by atoms with Gasteiger partial charge < -0.3 is 23.5 Å². The molecule has 2 aliphatic heterocycles. The highest BCUT2D eigenvalue weighted by atomic mass is 16.6. The van der Waals surface area contributed by atoms with Crippen LogP contribution >= 0.6 is 0 Å². The molecule has 0 radical (unpaired) electrons. The molecule has 3 heterocycles. The number of carbonyl (C=O) groups excluding carboxylic acids is 3. The summed E-state index contributed by atoms with van der Waals surface area (Å²) < 4.78 is 24.0. The maximum absolute atomic E-state index is 13.4. The smallest absolute Gasteiger partial charge is 0.308 e. The Bertz CT molecular complexity index is 1400.